The van der Waals surface area contributed by atoms with Crippen molar-refractivity contribution in [1.82, 2.24) is 10.3 Å². The predicted octanol–water partition coefficient (Wildman–Crippen LogP) is 3.54. The lowest BCUT2D eigenvalue weighted by Crippen LogP contribution is -2.20. The summed E-state index contributed by atoms with van der Waals surface area (Å²) in [5.74, 6) is -0.360. The summed E-state index contributed by atoms with van der Waals surface area (Å²) in [6.45, 7) is 0.792. The number of pyridine rings is 1. The number of hydrogen-bond acceptors (Lipinski definition) is 6. The minimum absolute atomic E-state index is 0.0179. The lowest BCUT2D eigenvalue weighted by atomic mass is 10.1. The van der Waals surface area contributed by atoms with E-state index in [1.165, 1.54) is 13.2 Å². The quantitative estimate of drug-likeness (QED) is 0.553. The van der Waals surface area contributed by atoms with Gasteiger partial charge in [-0.25, -0.2) is 0 Å². The zero-order chi connectivity index (χ0) is 20.0. The monoisotopic (exact) mass is 385 g/mol. The zero-order valence-corrected chi connectivity index (χ0v) is 14.7. The summed E-state index contributed by atoms with van der Waals surface area (Å²) in [6, 6.07) is 5.92. The van der Waals surface area contributed by atoms with Gasteiger partial charge < -0.3 is 14.8 Å². The van der Waals surface area contributed by atoms with Crippen molar-refractivity contribution in [3.63, 3.8) is 0 Å². The number of methoxy groups -OCH3 is 1. The van der Waals surface area contributed by atoms with Crippen LogP contribution in [0.25, 0.3) is 0 Å². The molecule has 0 aliphatic rings. The van der Waals surface area contributed by atoms with E-state index in [2.05, 4.69) is 15.0 Å². The Morgan fingerprint density at radius 1 is 1.26 bits per heavy atom. The highest BCUT2D eigenvalue weighted by Crippen LogP contribution is 2.35. The van der Waals surface area contributed by atoms with Gasteiger partial charge in [0.1, 0.15) is 0 Å². The summed E-state index contributed by atoms with van der Waals surface area (Å²) in [5, 5.41) is 14.3. The SMILES string of the molecule is COc1cc(CNCc2ncccc2C)c([N+](=O)[O-])cc1OCC(F)(F)F. The van der Waals surface area contributed by atoms with Gasteiger partial charge in [-0.2, -0.15) is 13.2 Å². The van der Waals surface area contributed by atoms with Gasteiger partial charge in [-0.15, -0.1) is 0 Å². The lowest BCUT2D eigenvalue weighted by Gasteiger charge is -2.14. The van der Waals surface area contributed by atoms with Crippen LogP contribution in [0, 0.1) is 17.0 Å². The molecule has 0 unspecified atom stereocenters. The second-order valence-electron chi connectivity index (χ2n) is 5.66. The molecular weight excluding hydrogens is 367 g/mol. The standard InChI is InChI=1S/C17H18F3N3O4/c1-11-4-3-5-22-13(11)9-21-8-12-6-15(26-2)16(7-14(12)23(24)25)27-10-17(18,19)20/h3-7,21H,8-10H2,1-2H3. The summed E-state index contributed by atoms with van der Waals surface area (Å²) >= 11 is 0. The van der Waals surface area contributed by atoms with Crippen LogP contribution in [-0.2, 0) is 13.1 Å². The molecule has 0 fully saturated rings. The van der Waals surface area contributed by atoms with E-state index in [9.17, 15) is 23.3 Å². The summed E-state index contributed by atoms with van der Waals surface area (Å²) in [5.41, 5.74) is 1.65. The Hall–Kier alpha value is -2.88. The van der Waals surface area contributed by atoms with Crippen molar-refractivity contribution in [2.24, 2.45) is 0 Å². The Bertz CT molecular complexity index is 812. The minimum atomic E-state index is -4.57. The molecule has 1 aromatic carbocycles. The van der Waals surface area contributed by atoms with Crippen molar-refractivity contribution in [3.8, 4) is 11.5 Å². The molecule has 1 aromatic heterocycles. The summed E-state index contributed by atoms with van der Waals surface area (Å²) in [7, 11) is 1.25. The van der Waals surface area contributed by atoms with Crippen molar-refractivity contribution in [2.45, 2.75) is 26.2 Å². The van der Waals surface area contributed by atoms with Crippen LogP contribution in [0.3, 0.4) is 0 Å². The van der Waals surface area contributed by atoms with Gasteiger partial charge in [0.15, 0.2) is 18.1 Å². The van der Waals surface area contributed by atoms with Crippen molar-refractivity contribution in [1.29, 1.82) is 0 Å². The molecule has 7 nitrogen and oxygen atoms in total. The second-order valence-corrected chi connectivity index (χ2v) is 5.66. The maximum absolute atomic E-state index is 12.4. The van der Waals surface area contributed by atoms with E-state index in [0.29, 0.717) is 6.54 Å². The maximum atomic E-state index is 12.4. The number of aryl methyl sites for hydroxylation is 1. The van der Waals surface area contributed by atoms with Crippen molar-refractivity contribution in [3.05, 3.63) is 57.4 Å². The number of benzene rings is 1. The van der Waals surface area contributed by atoms with Gasteiger partial charge in [0.25, 0.3) is 5.69 Å². The smallest absolute Gasteiger partial charge is 0.422 e. The number of nitro groups is 1. The third-order valence-corrected chi connectivity index (χ3v) is 3.68. The molecule has 1 heterocycles. The third kappa shape index (κ3) is 5.81. The zero-order valence-electron chi connectivity index (χ0n) is 14.7. The van der Waals surface area contributed by atoms with E-state index in [1.54, 1.807) is 12.3 Å². The highest BCUT2D eigenvalue weighted by Gasteiger charge is 2.30. The first kappa shape index (κ1) is 20.4. The van der Waals surface area contributed by atoms with Gasteiger partial charge in [-0.3, -0.25) is 15.1 Å². The molecule has 0 radical (unpaired) electrons. The average Bonchev–Trinajstić information content (AvgIpc) is 2.60. The van der Waals surface area contributed by atoms with E-state index in [-0.39, 0.29) is 29.3 Å². The molecule has 0 saturated heterocycles. The summed E-state index contributed by atoms with van der Waals surface area (Å²) in [6.07, 6.45) is -2.93. The predicted molar refractivity (Wildman–Crippen MR) is 90.7 cm³/mol. The van der Waals surface area contributed by atoms with Crippen molar-refractivity contribution < 1.29 is 27.6 Å². The number of nitro benzene ring substituents is 1. The molecule has 0 saturated carbocycles. The van der Waals surface area contributed by atoms with Gasteiger partial charge in [-0.1, -0.05) is 6.07 Å². The molecule has 0 atom stereocenters. The molecule has 0 spiro atoms. The number of rotatable bonds is 8. The molecule has 10 heteroatoms. The molecule has 2 aromatic rings. The van der Waals surface area contributed by atoms with Crippen LogP contribution in [0.15, 0.2) is 30.5 Å². The first-order valence-corrected chi connectivity index (χ1v) is 7.87. The fraction of sp³-hybridized carbons (Fsp3) is 0.353. The number of ether oxygens (including phenoxy) is 2. The normalized spacial score (nSPS) is 11.3. The topological polar surface area (TPSA) is 86.5 Å². The molecule has 0 aliphatic carbocycles. The molecule has 2 rings (SSSR count). The molecule has 27 heavy (non-hydrogen) atoms. The van der Waals surface area contributed by atoms with Crippen LogP contribution < -0.4 is 14.8 Å². The van der Waals surface area contributed by atoms with Crippen LogP contribution >= 0.6 is 0 Å². The number of halogens is 3. The summed E-state index contributed by atoms with van der Waals surface area (Å²) < 4.78 is 46.7. The average molecular weight is 385 g/mol. The number of nitrogens with zero attached hydrogens (tertiary/aromatic N) is 2. The fourth-order valence-corrected chi connectivity index (χ4v) is 2.35. The number of aromatic nitrogens is 1. The molecule has 1 N–H and O–H groups in total. The fourth-order valence-electron chi connectivity index (χ4n) is 2.35. The van der Waals surface area contributed by atoms with Gasteiger partial charge in [0.05, 0.1) is 23.8 Å². The van der Waals surface area contributed by atoms with E-state index >= 15 is 0 Å². The Kier molecular flexibility index (Phi) is 6.56. The van der Waals surface area contributed by atoms with Gasteiger partial charge >= 0.3 is 6.18 Å². The van der Waals surface area contributed by atoms with E-state index in [0.717, 1.165) is 17.3 Å². The Morgan fingerprint density at radius 3 is 2.59 bits per heavy atom. The van der Waals surface area contributed by atoms with Crippen LogP contribution in [-0.4, -0.2) is 29.8 Å². The molecular formula is C17H18F3N3O4. The Labute approximate surface area is 153 Å². The Balaban J connectivity index is 2.19. The minimum Gasteiger partial charge on any atom is -0.493 e. The molecule has 0 bridgehead atoms. The van der Waals surface area contributed by atoms with Crippen LogP contribution in [0.5, 0.6) is 11.5 Å². The Morgan fingerprint density at radius 2 is 2.00 bits per heavy atom. The highest BCUT2D eigenvalue weighted by atomic mass is 19.4. The molecule has 146 valence electrons. The lowest BCUT2D eigenvalue weighted by molar-refractivity contribution is -0.385. The van der Waals surface area contributed by atoms with Gasteiger partial charge in [-0.05, 0) is 24.6 Å². The van der Waals surface area contributed by atoms with Crippen LogP contribution in [0.1, 0.15) is 16.8 Å². The van der Waals surface area contributed by atoms with Gasteiger partial charge in [0.2, 0.25) is 0 Å². The third-order valence-electron chi connectivity index (χ3n) is 3.68. The van der Waals surface area contributed by atoms with E-state index in [4.69, 9.17) is 4.74 Å². The highest BCUT2D eigenvalue weighted by molar-refractivity contribution is 5.54. The number of alkyl halides is 3. The van der Waals surface area contributed by atoms with Crippen molar-refractivity contribution in [2.75, 3.05) is 13.7 Å². The van der Waals surface area contributed by atoms with Crippen LogP contribution in [0.4, 0.5) is 18.9 Å². The number of nitrogens with one attached hydrogen (secondary N) is 1. The van der Waals surface area contributed by atoms with E-state index < -0.39 is 17.7 Å². The van der Waals surface area contributed by atoms with Gasteiger partial charge in [0, 0.05) is 24.8 Å². The van der Waals surface area contributed by atoms with E-state index in [1.807, 2.05) is 13.0 Å². The van der Waals surface area contributed by atoms with Crippen molar-refractivity contribution >= 4 is 5.69 Å². The van der Waals surface area contributed by atoms with Crippen LogP contribution in [0.2, 0.25) is 0 Å². The molecule has 0 amide bonds. The summed E-state index contributed by atoms with van der Waals surface area (Å²) in [4.78, 5) is 14.8. The largest absolute Gasteiger partial charge is 0.493 e. The first-order chi connectivity index (χ1) is 12.7. The maximum Gasteiger partial charge on any atom is 0.422 e. The second kappa shape index (κ2) is 8.67. The number of hydrogen-bond donors (Lipinski definition) is 1. The molecule has 0 aliphatic heterocycles. The first-order valence-electron chi connectivity index (χ1n) is 7.87.